The fraction of sp³-hybridized carbons (Fsp3) is 0.667. The molecule has 0 aliphatic heterocycles. The molecule has 0 bridgehead atoms. The molecular formula is C9H14ClN3. The summed E-state index contributed by atoms with van der Waals surface area (Å²) in [5.74, 6) is 0. The first-order valence-electron chi connectivity index (χ1n) is 4.72. The van der Waals surface area contributed by atoms with Crippen LogP contribution in [0.4, 0.5) is 0 Å². The molecule has 13 heavy (non-hydrogen) atoms. The van der Waals surface area contributed by atoms with Gasteiger partial charge in [-0.1, -0.05) is 11.6 Å². The first-order valence-corrected chi connectivity index (χ1v) is 5.10. The number of hydrogen-bond acceptors (Lipinski definition) is 2. The van der Waals surface area contributed by atoms with Gasteiger partial charge in [-0.15, -0.1) is 0 Å². The van der Waals surface area contributed by atoms with Gasteiger partial charge in [0.25, 0.3) is 0 Å². The molecule has 0 saturated heterocycles. The van der Waals surface area contributed by atoms with Crippen molar-refractivity contribution in [1.82, 2.24) is 9.78 Å². The van der Waals surface area contributed by atoms with Crippen LogP contribution in [0.1, 0.15) is 31.7 Å². The summed E-state index contributed by atoms with van der Waals surface area (Å²) in [5, 5.41) is 4.94. The van der Waals surface area contributed by atoms with Crippen molar-refractivity contribution in [2.24, 2.45) is 5.73 Å². The quantitative estimate of drug-likeness (QED) is 0.752. The Balaban J connectivity index is 2.06. The number of nitrogens with two attached hydrogens (primary N) is 1. The second-order valence-corrected chi connectivity index (χ2v) is 4.05. The Morgan fingerprint density at radius 1 is 1.38 bits per heavy atom. The minimum atomic E-state index is 0.380. The number of nitrogens with zero attached hydrogens (tertiary/aromatic N) is 2. The maximum Gasteiger partial charge on any atom is 0.127 e. The summed E-state index contributed by atoms with van der Waals surface area (Å²) in [6.07, 6.45) is 6.11. The molecule has 1 aromatic heterocycles. The van der Waals surface area contributed by atoms with E-state index < -0.39 is 0 Å². The van der Waals surface area contributed by atoms with Crippen LogP contribution in [0.2, 0.25) is 5.15 Å². The molecule has 0 amide bonds. The Kier molecular flexibility index (Phi) is 2.56. The van der Waals surface area contributed by atoms with Crippen LogP contribution in [0.25, 0.3) is 0 Å². The van der Waals surface area contributed by atoms with Gasteiger partial charge in [0.15, 0.2) is 0 Å². The molecule has 3 nitrogen and oxygen atoms in total. The molecule has 0 spiro atoms. The van der Waals surface area contributed by atoms with Crippen LogP contribution in [0.5, 0.6) is 0 Å². The van der Waals surface area contributed by atoms with E-state index in [1.54, 1.807) is 6.20 Å². The summed E-state index contributed by atoms with van der Waals surface area (Å²) in [6.45, 7) is 0. The Hall–Kier alpha value is -0.540. The molecule has 1 aliphatic carbocycles. The van der Waals surface area contributed by atoms with E-state index in [4.69, 9.17) is 17.3 Å². The molecule has 0 radical (unpaired) electrons. The molecule has 2 N–H and O–H groups in total. The van der Waals surface area contributed by atoms with Gasteiger partial charge in [-0.05, 0) is 31.7 Å². The van der Waals surface area contributed by atoms with E-state index >= 15 is 0 Å². The standard InChI is InChI=1S/C9H14ClN3/c10-9-5-6-12-13(9)8-3-1-7(11)2-4-8/h5-8H,1-4,11H2. The summed E-state index contributed by atoms with van der Waals surface area (Å²) < 4.78 is 1.91. The molecule has 1 saturated carbocycles. The van der Waals surface area contributed by atoms with E-state index in [-0.39, 0.29) is 0 Å². The minimum absolute atomic E-state index is 0.380. The molecule has 2 rings (SSSR count). The molecule has 0 atom stereocenters. The average molecular weight is 200 g/mol. The Morgan fingerprint density at radius 3 is 2.62 bits per heavy atom. The normalized spacial score (nSPS) is 29.1. The summed E-state index contributed by atoms with van der Waals surface area (Å²) in [4.78, 5) is 0. The molecule has 1 aromatic rings. The number of halogens is 1. The van der Waals surface area contributed by atoms with Crippen LogP contribution >= 0.6 is 11.6 Å². The third kappa shape index (κ3) is 1.86. The number of rotatable bonds is 1. The highest BCUT2D eigenvalue weighted by Gasteiger charge is 2.21. The molecule has 72 valence electrons. The predicted octanol–water partition coefficient (Wildman–Crippen LogP) is 1.98. The van der Waals surface area contributed by atoms with Gasteiger partial charge in [0.1, 0.15) is 5.15 Å². The van der Waals surface area contributed by atoms with E-state index in [0.717, 1.165) is 30.8 Å². The number of aromatic nitrogens is 2. The lowest BCUT2D eigenvalue weighted by Gasteiger charge is -2.26. The zero-order chi connectivity index (χ0) is 9.26. The number of hydrogen-bond donors (Lipinski definition) is 1. The summed E-state index contributed by atoms with van der Waals surface area (Å²) >= 11 is 5.98. The van der Waals surface area contributed by atoms with Crippen molar-refractivity contribution in [3.8, 4) is 0 Å². The van der Waals surface area contributed by atoms with Crippen LogP contribution < -0.4 is 5.73 Å². The molecule has 1 aliphatic rings. The van der Waals surface area contributed by atoms with Crippen LogP contribution in [-0.2, 0) is 0 Å². The van der Waals surface area contributed by atoms with Crippen LogP contribution in [-0.4, -0.2) is 15.8 Å². The fourth-order valence-corrected chi connectivity index (χ4v) is 2.15. The third-order valence-corrected chi connectivity index (χ3v) is 3.01. The maximum absolute atomic E-state index is 5.98. The molecular weight excluding hydrogens is 186 g/mol. The van der Waals surface area contributed by atoms with Crippen molar-refractivity contribution >= 4 is 11.6 Å². The van der Waals surface area contributed by atoms with Gasteiger partial charge < -0.3 is 5.73 Å². The van der Waals surface area contributed by atoms with Gasteiger partial charge >= 0.3 is 0 Å². The van der Waals surface area contributed by atoms with Crippen molar-refractivity contribution in [1.29, 1.82) is 0 Å². The van der Waals surface area contributed by atoms with E-state index in [1.165, 1.54) is 0 Å². The third-order valence-electron chi connectivity index (χ3n) is 2.71. The second kappa shape index (κ2) is 3.68. The van der Waals surface area contributed by atoms with Crippen molar-refractivity contribution in [3.05, 3.63) is 17.4 Å². The molecule has 1 heterocycles. The monoisotopic (exact) mass is 199 g/mol. The lowest BCUT2D eigenvalue weighted by Crippen LogP contribution is -2.28. The highest BCUT2D eigenvalue weighted by atomic mass is 35.5. The molecule has 1 fully saturated rings. The van der Waals surface area contributed by atoms with Gasteiger partial charge in [0, 0.05) is 6.04 Å². The van der Waals surface area contributed by atoms with Crippen molar-refractivity contribution < 1.29 is 0 Å². The first kappa shape index (κ1) is 9.03. The van der Waals surface area contributed by atoms with Crippen LogP contribution in [0, 0.1) is 0 Å². The van der Waals surface area contributed by atoms with Gasteiger partial charge in [-0.2, -0.15) is 5.10 Å². The maximum atomic E-state index is 5.98. The van der Waals surface area contributed by atoms with E-state index in [1.807, 2.05) is 10.7 Å². The van der Waals surface area contributed by atoms with Crippen LogP contribution in [0.3, 0.4) is 0 Å². The van der Waals surface area contributed by atoms with Gasteiger partial charge in [0.05, 0.1) is 12.2 Å². The SMILES string of the molecule is NC1CCC(n2nccc2Cl)CC1. The van der Waals surface area contributed by atoms with Gasteiger partial charge in [-0.25, -0.2) is 0 Å². The largest absolute Gasteiger partial charge is 0.328 e. The minimum Gasteiger partial charge on any atom is -0.328 e. The first-order chi connectivity index (χ1) is 6.27. The fourth-order valence-electron chi connectivity index (χ4n) is 1.91. The second-order valence-electron chi connectivity index (χ2n) is 3.67. The summed E-state index contributed by atoms with van der Waals surface area (Å²) in [7, 11) is 0. The Morgan fingerprint density at radius 2 is 2.08 bits per heavy atom. The topological polar surface area (TPSA) is 43.8 Å². The zero-order valence-corrected chi connectivity index (χ0v) is 8.24. The van der Waals surface area contributed by atoms with Crippen molar-refractivity contribution in [3.63, 3.8) is 0 Å². The summed E-state index contributed by atoms with van der Waals surface area (Å²) in [6, 6.07) is 2.67. The van der Waals surface area contributed by atoms with E-state index in [9.17, 15) is 0 Å². The van der Waals surface area contributed by atoms with Gasteiger partial charge in [-0.3, -0.25) is 4.68 Å². The summed E-state index contributed by atoms with van der Waals surface area (Å²) in [5.41, 5.74) is 5.83. The van der Waals surface area contributed by atoms with E-state index in [2.05, 4.69) is 5.10 Å². The molecule has 4 heteroatoms. The van der Waals surface area contributed by atoms with E-state index in [0.29, 0.717) is 12.1 Å². The van der Waals surface area contributed by atoms with Crippen molar-refractivity contribution in [2.45, 2.75) is 37.8 Å². The molecule has 0 unspecified atom stereocenters. The van der Waals surface area contributed by atoms with Crippen molar-refractivity contribution in [2.75, 3.05) is 0 Å². The lowest BCUT2D eigenvalue weighted by atomic mass is 9.92. The smallest absolute Gasteiger partial charge is 0.127 e. The Bertz CT molecular complexity index is 276. The highest BCUT2D eigenvalue weighted by molar-refractivity contribution is 6.29. The molecule has 0 aromatic carbocycles. The van der Waals surface area contributed by atoms with Gasteiger partial charge in [0.2, 0.25) is 0 Å². The average Bonchev–Trinajstić information content (AvgIpc) is 2.53. The lowest BCUT2D eigenvalue weighted by molar-refractivity contribution is 0.304. The predicted molar refractivity (Wildman–Crippen MR) is 52.7 cm³/mol. The highest BCUT2D eigenvalue weighted by Crippen LogP contribution is 2.29. The zero-order valence-electron chi connectivity index (χ0n) is 7.49. The Labute approximate surface area is 82.9 Å². The van der Waals surface area contributed by atoms with Crippen LogP contribution in [0.15, 0.2) is 12.3 Å².